The van der Waals surface area contributed by atoms with Gasteiger partial charge in [0.1, 0.15) is 5.75 Å². The molecular formula is C16H21N3O3S. The van der Waals surface area contributed by atoms with Gasteiger partial charge in [-0.3, -0.25) is 4.79 Å². The standard InChI is InChI=1S/C16H21N3O3S/c1-4-19(5-2)14(20)11-23-16-18-17-15(22-16)12-7-9-13(10-8-12)21-6-3/h7-10H,4-6,11H2,1-3H3. The highest BCUT2D eigenvalue weighted by Gasteiger charge is 2.14. The van der Waals surface area contributed by atoms with Crippen molar-refractivity contribution in [3.63, 3.8) is 0 Å². The third kappa shape index (κ3) is 4.72. The van der Waals surface area contributed by atoms with Crippen LogP contribution < -0.4 is 4.74 Å². The van der Waals surface area contributed by atoms with E-state index in [9.17, 15) is 4.79 Å². The average molecular weight is 335 g/mol. The molecule has 0 N–H and O–H groups in total. The van der Waals surface area contributed by atoms with Gasteiger partial charge in [0.05, 0.1) is 12.4 Å². The Balaban J connectivity index is 1.96. The van der Waals surface area contributed by atoms with E-state index >= 15 is 0 Å². The molecule has 1 aromatic carbocycles. The number of ether oxygens (including phenoxy) is 1. The molecule has 0 saturated heterocycles. The number of benzene rings is 1. The molecule has 0 aliphatic rings. The Bertz CT molecular complexity index is 624. The maximum atomic E-state index is 12.0. The Kier molecular flexibility index (Phi) is 6.46. The summed E-state index contributed by atoms with van der Waals surface area (Å²) in [7, 11) is 0. The molecule has 2 rings (SSSR count). The maximum absolute atomic E-state index is 12.0. The van der Waals surface area contributed by atoms with Crippen LogP contribution in [0.15, 0.2) is 33.9 Å². The van der Waals surface area contributed by atoms with Crippen LogP contribution in [-0.4, -0.2) is 46.5 Å². The smallest absolute Gasteiger partial charge is 0.277 e. The van der Waals surface area contributed by atoms with Crippen molar-refractivity contribution >= 4 is 17.7 Å². The number of rotatable bonds is 8. The van der Waals surface area contributed by atoms with E-state index in [1.807, 2.05) is 45.0 Å². The number of thioether (sulfide) groups is 1. The maximum Gasteiger partial charge on any atom is 0.277 e. The summed E-state index contributed by atoms with van der Waals surface area (Å²) in [5.74, 6) is 1.61. The van der Waals surface area contributed by atoms with E-state index in [0.29, 0.717) is 36.6 Å². The van der Waals surface area contributed by atoms with Gasteiger partial charge in [0, 0.05) is 18.7 Å². The molecule has 0 saturated carbocycles. The molecule has 0 radical (unpaired) electrons. The van der Waals surface area contributed by atoms with E-state index in [0.717, 1.165) is 11.3 Å². The quantitative estimate of drug-likeness (QED) is 0.691. The zero-order valence-corrected chi connectivity index (χ0v) is 14.4. The summed E-state index contributed by atoms with van der Waals surface area (Å²) in [6.45, 7) is 7.90. The van der Waals surface area contributed by atoms with Crippen molar-refractivity contribution in [3.8, 4) is 17.2 Å². The van der Waals surface area contributed by atoms with Gasteiger partial charge in [0.2, 0.25) is 11.8 Å². The van der Waals surface area contributed by atoms with E-state index in [1.165, 1.54) is 11.8 Å². The summed E-state index contributed by atoms with van der Waals surface area (Å²) in [6.07, 6.45) is 0. The molecule has 6 nitrogen and oxygen atoms in total. The second kappa shape index (κ2) is 8.57. The first kappa shape index (κ1) is 17.3. The third-order valence-corrected chi connectivity index (χ3v) is 4.06. The predicted molar refractivity (Wildman–Crippen MR) is 89.6 cm³/mol. The Hall–Kier alpha value is -2.02. The van der Waals surface area contributed by atoms with Crippen molar-refractivity contribution in [3.05, 3.63) is 24.3 Å². The van der Waals surface area contributed by atoms with Crippen LogP contribution in [0.5, 0.6) is 5.75 Å². The molecule has 0 fully saturated rings. The highest BCUT2D eigenvalue weighted by molar-refractivity contribution is 7.99. The lowest BCUT2D eigenvalue weighted by Crippen LogP contribution is -2.31. The van der Waals surface area contributed by atoms with Crippen LogP contribution in [0.2, 0.25) is 0 Å². The molecule has 7 heteroatoms. The minimum absolute atomic E-state index is 0.0702. The second-order valence-electron chi connectivity index (χ2n) is 4.69. The van der Waals surface area contributed by atoms with Crippen LogP contribution in [0.4, 0.5) is 0 Å². The molecule has 0 bridgehead atoms. The number of hydrogen-bond acceptors (Lipinski definition) is 6. The van der Waals surface area contributed by atoms with Gasteiger partial charge in [0.15, 0.2) is 0 Å². The highest BCUT2D eigenvalue weighted by Crippen LogP contribution is 2.25. The van der Waals surface area contributed by atoms with Crippen molar-refractivity contribution in [2.45, 2.75) is 26.0 Å². The lowest BCUT2D eigenvalue weighted by atomic mass is 10.2. The molecule has 1 amide bonds. The number of amides is 1. The summed E-state index contributed by atoms with van der Waals surface area (Å²) in [5.41, 5.74) is 0.822. The van der Waals surface area contributed by atoms with Crippen LogP contribution in [0.1, 0.15) is 20.8 Å². The zero-order valence-electron chi connectivity index (χ0n) is 13.6. The Morgan fingerprint density at radius 3 is 2.48 bits per heavy atom. The van der Waals surface area contributed by atoms with E-state index < -0.39 is 0 Å². The van der Waals surface area contributed by atoms with Crippen LogP contribution in [0.25, 0.3) is 11.5 Å². The van der Waals surface area contributed by atoms with Crippen LogP contribution in [0.3, 0.4) is 0 Å². The van der Waals surface area contributed by atoms with Gasteiger partial charge in [-0.1, -0.05) is 11.8 Å². The lowest BCUT2D eigenvalue weighted by Gasteiger charge is -2.17. The van der Waals surface area contributed by atoms with Gasteiger partial charge in [-0.15, -0.1) is 10.2 Å². The number of carbonyl (C=O) groups excluding carboxylic acids is 1. The summed E-state index contributed by atoms with van der Waals surface area (Å²) in [5, 5.41) is 8.40. The molecule has 23 heavy (non-hydrogen) atoms. The first-order valence-corrected chi connectivity index (χ1v) is 8.63. The number of nitrogens with zero attached hydrogens (tertiary/aromatic N) is 3. The van der Waals surface area contributed by atoms with E-state index in [4.69, 9.17) is 9.15 Å². The molecule has 0 unspecified atom stereocenters. The normalized spacial score (nSPS) is 10.6. The SMILES string of the molecule is CCOc1ccc(-c2nnc(SCC(=O)N(CC)CC)o2)cc1. The predicted octanol–water partition coefficient (Wildman–Crippen LogP) is 3.10. The third-order valence-electron chi connectivity index (χ3n) is 3.25. The molecule has 0 atom stereocenters. The molecule has 2 aromatic rings. The minimum Gasteiger partial charge on any atom is -0.494 e. The number of hydrogen-bond donors (Lipinski definition) is 0. The van der Waals surface area contributed by atoms with Crippen molar-refractivity contribution in [1.82, 2.24) is 15.1 Å². The lowest BCUT2D eigenvalue weighted by molar-refractivity contribution is -0.127. The molecule has 0 spiro atoms. The van der Waals surface area contributed by atoms with Crippen molar-refractivity contribution in [2.75, 3.05) is 25.4 Å². The van der Waals surface area contributed by atoms with Gasteiger partial charge >= 0.3 is 0 Å². The Morgan fingerprint density at radius 1 is 1.17 bits per heavy atom. The van der Waals surface area contributed by atoms with E-state index in [1.54, 1.807) is 4.90 Å². The van der Waals surface area contributed by atoms with Gasteiger partial charge in [-0.05, 0) is 45.0 Å². The van der Waals surface area contributed by atoms with Crippen LogP contribution >= 0.6 is 11.8 Å². The fourth-order valence-electron chi connectivity index (χ4n) is 2.04. The first-order valence-electron chi connectivity index (χ1n) is 7.65. The number of aromatic nitrogens is 2. The highest BCUT2D eigenvalue weighted by atomic mass is 32.2. The summed E-state index contributed by atoms with van der Waals surface area (Å²) in [6, 6.07) is 7.46. The Labute approximate surface area is 140 Å². The second-order valence-corrected chi connectivity index (χ2v) is 5.61. The van der Waals surface area contributed by atoms with Crippen molar-refractivity contribution < 1.29 is 13.9 Å². The fourth-order valence-corrected chi connectivity index (χ4v) is 2.70. The minimum atomic E-state index is 0.0702. The molecule has 1 aromatic heterocycles. The molecule has 1 heterocycles. The first-order chi connectivity index (χ1) is 11.2. The fraction of sp³-hybridized carbons (Fsp3) is 0.438. The van der Waals surface area contributed by atoms with Gasteiger partial charge < -0.3 is 14.1 Å². The monoisotopic (exact) mass is 335 g/mol. The number of carbonyl (C=O) groups is 1. The van der Waals surface area contributed by atoms with Gasteiger partial charge in [-0.25, -0.2) is 0 Å². The summed E-state index contributed by atoms with van der Waals surface area (Å²) >= 11 is 1.26. The average Bonchev–Trinajstić information content (AvgIpc) is 3.04. The van der Waals surface area contributed by atoms with Gasteiger partial charge in [-0.2, -0.15) is 0 Å². The van der Waals surface area contributed by atoms with Crippen molar-refractivity contribution in [2.24, 2.45) is 0 Å². The topological polar surface area (TPSA) is 68.5 Å². The largest absolute Gasteiger partial charge is 0.494 e. The van der Waals surface area contributed by atoms with Crippen LogP contribution in [0, 0.1) is 0 Å². The molecule has 124 valence electrons. The summed E-state index contributed by atoms with van der Waals surface area (Å²) < 4.78 is 11.0. The molecule has 0 aliphatic heterocycles. The molecule has 0 aliphatic carbocycles. The van der Waals surface area contributed by atoms with Crippen molar-refractivity contribution in [1.29, 1.82) is 0 Å². The van der Waals surface area contributed by atoms with Crippen LogP contribution in [-0.2, 0) is 4.79 Å². The molecular weight excluding hydrogens is 314 g/mol. The van der Waals surface area contributed by atoms with E-state index in [2.05, 4.69) is 10.2 Å². The van der Waals surface area contributed by atoms with Gasteiger partial charge in [0.25, 0.3) is 5.22 Å². The van der Waals surface area contributed by atoms with E-state index in [-0.39, 0.29) is 5.91 Å². The zero-order chi connectivity index (χ0) is 16.7. The Morgan fingerprint density at radius 2 is 1.87 bits per heavy atom. The summed E-state index contributed by atoms with van der Waals surface area (Å²) in [4.78, 5) is 13.7.